The van der Waals surface area contributed by atoms with Crippen molar-refractivity contribution >= 4 is 17.4 Å². The molecule has 7 nitrogen and oxygen atoms in total. The van der Waals surface area contributed by atoms with E-state index in [1.54, 1.807) is 19.2 Å². The summed E-state index contributed by atoms with van der Waals surface area (Å²) in [7, 11) is 3.01. The van der Waals surface area contributed by atoms with Crippen molar-refractivity contribution in [3.8, 4) is 5.75 Å². The van der Waals surface area contributed by atoms with Gasteiger partial charge in [-0.05, 0) is 69.0 Å². The number of ether oxygens (including phenoxy) is 2. The second-order valence-corrected chi connectivity index (χ2v) is 9.52. The number of hydrogen-bond acceptors (Lipinski definition) is 7. The minimum Gasteiger partial charge on any atom is -0.497 e. The average molecular weight is 415 g/mol. The maximum absolute atomic E-state index is 14.0. The number of ketones is 1. The number of methoxy groups -OCH3 is 2. The maximum atomic E-state index is 14.0. The number of aliphatic hydroxyl groups is 1. The fraction of sp³-hybridized carbons (Fsp3) is 0.652. The quantitative estimate of drug-likeness (QED) is 0.651. The van der Waals surface area contributed by atoms with E-state index in [4.69, 9.17) is 9.47 Å². The molecule has 3 N–H and O–H groups in total. The summed E-state index contributed by atoms with van der Waals surface area (Å²) in [6.45, 7) is 2.61. The van der Waals surface area contributed by atoms with Gasteiger partial charge in [-0.1, -0.05) is 0 Å². The van der Waals surface area contributed by atoms with Crippen LogP contribution < -0.4 is 15.4 Å². The van der Waals surface area contributed by atoms with Crippen LogP contribution in [0.15, 0.2) is 18.2 Å². The first-order valence-electron chi connectivity index (χ1n) is 10.9. The Hall–Kier alpha value is -2.12. The van der Waals surface area contributed by atoms with Gasteiger partial charge in [0.25, 0.3) is 0 Å². The van der Waals surface area contributed by atoms with Crippen molar-refractivity contribution in [1.29, 1.82) is 0 Å². The summed E-state index contributed by atoms with van der Waals surface area (Å²) >= 11 is 0. The summed E-state index contributed by atoms with van der Waals surface area (Å²) in [6.07, 6.45) is 2.20. The molecule has 4 unspecified atom stereocenters. The molecular formula is C23H30N2O5. The van der Waals surface area contributed by atoms with Gasteiger partial charge < -0.3 is 25.2 Å². The van der Waals surface area contributed by atoms with Gasteiger partial charge in [-0.2, -0.15) is 0 Å². The molecule has 7 atom stereocenters. The van der Waals surface area contributed by atoms with Crippen LogP contribution in [-0.4, -0.2) is 55.3 Å². The molecule has 6 rings (SSSR count). The fourth-order valence-corrected chi connectivity index (χ4v) is 7.18. The number of fused-ring (bicyclic) bond motifs is 3. The number of hydrogen-bond donors (Lipinski definition) is 3. The molecule has 1 aromatic rings. The first kappa shape index (κ1) is 19.8. The Morgan fingerprint density at radius 1 is 1.33 bits per heavy atom. The van der Waals surface area contributed by atoms with E-state index in [-0.39, 0.29) is 35.5 Å². The van der Waals surface area contributed by atoms with Crippen LogP contribution >= 0.6 is 0 Å². The minimum absolute atomic E-state index is 0.0408. The lowest BCUT2D eigenvalue weighted by Crippen LogP contribution is -2.72. The van der Waals surface area contributed by atoms with Gasteiger partial charge in [0.1, 0.15) is 16.7 Å². The largest absolute Gasteiger partial charge is 0.497 e. The summed E-state index contributed by atoms with van der Waals surface area (Å²) in [5, 5.41) is 17.8. The molecule has 4 bridgehead atoms. The van der Waals surface area contributed by atoms with Crippen LogP contribution in [0.1, 0.15) is 43.0 Å². The van der Waals surface area contributed by atoms with E-state index in [0.29, 0.717) is 29.8 Å². The van der Waals surface area contributed by atoms with Gasteiger partial charge >= 0.3 is 5.97 Å². The lowest BCUT2D eigenvalue weighted by atomic mass is 9.45. The number of benzene rings is 1. The average Bonchev–Trinajstić information content (AvgIpc) is 2.87. The van der Waals surface area contributed by atoms with Crippen LogP contribution in [0, 0.1) is 23.2 Å². The zero-order valence-electron chi connectivity index (χ0n) is 17.7. The van der Waals surface area contributed by atoms with Gasteiger partial charge in [-0.25, -0.2) is 0 Å². The molecule has 4 fully saturated rings. The van der Waals surface area contributed by atoms with Crippen molar-refractivity contribution in [2.75, 3.05) is 26.1 Å². The number of Topliss-reactive ketones (excluding diaryl/α,β-unsaturated/α-hetero) is 1. The van der Waals surface area contributed by atoms with Gasteiger partial charge in [0, 0.05) is 23.4 Å². The number of carbonyl (C=O) groups excluding carboxylic acids is 2. The summed E-state index contributed by atoms with van der Waals surface area (Å²) in [4.78, 5) is 27.6. The van der Waals surface area contributed by atoms with E-state index >= 15 is 0 Å². The first-order valence-corrected chi connectivity index (χ1v) is 10.9. The van der Waals surface area contributed by atoms with E-state index in [9.17, 15) is 14.7 Å². The number of anilines is 1. The predicted octanol–water partition coefficient (Wildman–Crippen LogP) is 1.99. The van der Waals surface area contributed by atoms with E-state index < -0.39 is 17.1 Å². The molecule has 2 aliphatic carbocycles. The SMILES string of the molecule is COC(=O)[C@]12CC3CNC(CC[C@]14Nc1cc(OC)ccc1C4=O)C2C([C@@H](C)O)C3. The molecular weight excluding hydrogens is 384 g/mol. The Labute approximate surface area is 176 Å². The van der Waals surface area contributed by atoms with Crippen LogP contribution in [0.5, 0.6) is 5.75 Å². The molecule has 0 radical (unpaired) electrons. The summed E-state index contributed by atoms with van der Waals surface area (Å²) in [5.74, 6) is 0.251. The van der Waals surface area contributed by atoms with Crippen LogP contribution in [0.25, 0.3) is 0 Å². The van der Waals surface area contributed by atoms with Crippen LogP contribution in [0.3, 0.4) is 0 Å². The maximum Gasteiger partial charge on any atom is 0.315 e. The van der Waals surface area contributed by atoms with Crippen molar-refractivity contribution < 1.29 is 24.2 Å². The molecule has 2 saturated heterocycles. The van der Waals surface area contributed by atoms with Crippen molar-refractivity contribution in [2.24, 2.45) is 23.2 Å². The standard InChI is InChI=1S/C23H30N2O5/c1-12(26)16-8-13-10-22(21(28)30-3)19(16)17(24-11-13)6-7-23(22)20(27)15-5-4-14(29-2)9-18(15)25-23/h4-5,9,12-13,16-17,19,24-26H,6-8,10-11H2,1-3H3/t12-,13?,16?,17?,19?,22-,23-/m1/s1. The zero-order valence-corrected chi connectivity index (χ0v) is 17.7. The van der Waals surface area contributed by atoms with Crippen molar-refractivity contribution in [2.45, 2.75) is 50.3 Å². The Bertz CT molecular complexity index is 902. The highest BCUT2D eigenvalue weighted by Gasteiger charge is 2.74. The molecule has 0 amide bonds. The molecule has 5 aliphatic rings. The molecule has 3 heterocycles. The summed E-state index contributed by atoms with van der Waals surface area (Å²) < 4.78 is 10.8. The topological polar surface area (TPSA) is 96.9 Å². The third-order valence-corrected chi connectivity index (χ3v) is 8.32. The van der Waals surface area contributed by atoms with Crippen molar-refractivity contribution in [3.63, 3.8) is 0 Å². The van der Waals surface area contributed by atoms with Crippen molar-refractivity contribution in [1.82, 2.24) is 5.32 Å². The molecule has 3 aliphatic heterocycles. The Balaban J connectivity index is 1.72. The zero-order chi connectivity index (χ0) is 21.3. The molecule has 7 heteroatoms. The van der Waals surface area contributed by atoms with E-state index in [1.807, 2.05) is 13.0 Å². The van der Waals surface area contributed by atoms with Crippen LogP contribution in [-0.2, 0) is 9.53 Å². The lowest BCUT2D eigenvalue weighted by molar-refractivity contribution is -0.176. The first-order chi connectivity index (χ1) is 14.4. The number of nitrogens with one attached hydrogen (secondary N) is 2. The Morgan fingerprint density at radius 2 is 2.13 bits per heavy atom. The highest BCUT2D eigenvalue weighted by atomic mass is 16.5. The van der Waals surface area contributed by atoms with E-state index in [2.05, 4.69) is 10.6 Å². The van der Waals surface area contributed by atoms with E-state index in [1.165, 1.54) is 7.11 Å². The smallest absolute Gasteiger partial charge is 0.315 e. The molecule has 2 saturated carbocycles. The second kappa shape index (κ2) is 6.69. The van der Waals surface area contributed by atoms with Gasteiger partial charge in [0.05, 0.1) is 20.3 Å². The van der Waals surface area contributed by atoms with Gasteiger partial charge in [-0.15, -0.1) is 0 Å². The van der Waals surface area contributed by atoms with Gasteiger partial charge in [0.2, 0.25) is 0 Å². The van der Waals surface area contributed by atoms with Crippen LogP contribution in [0.4, 0.5) is 5.69 Å². The third kappa shape index (κ3) is 2.33. The number of rotatable bonds is 3. The summed E-state index contributed by atoms with van der Waals surface area (Å²) in [6, 6.07) is 5.48. The van der Waals surface area contributed by atoms with Gasteiger partial charge in [-0.3, -0.25) is 9.59 Å². The molecule has 0 aromatic heterocycles. The fourth-order valence-electron chi connectivity index (χ4n) is 7.18. The number of carbonyl (C=O) groups is 2. The summed E-state index contributed by atoms with van der Waals surface area (Å²) in [5.41, 5.74) is -0.780. The number of aliphatic hydroxyl groups excluding tert-OH is 1. The minimum atomic E-state index is -1.06. The normalized spacial score (nSPS) is 39.8. The molecule has 1 aromatic carbocycles. The van der Waals surface area contributed by atoms with Gasteiger partial charge in [0.15, 0.2) is 5.78 Å². The molecule has 1 spiro atoms. The predicted molar refractivity (Wildman–Crippen MR) is 111 cm³/mol. The highest BCUT2D eigenvalue weighted by molar-refractivity contribution is 6.16. The van der Waals surface area contributed by atoms with Crippen molar-refractivity contribution in [3.05, 3.63) is 23.8 Å². The highest BCUT2D eigenvalue weighted by Crippen LogP contribution is 2.64. The van der Waals surface area contributed by atoms with Crippen LogP contribution in [0.2, 0.25) is 0 Å². The number of esters is 1. The van der Waals surface area contributed by atoms with E-state index in [0.717, 1.165) is 19.4 Å². The monoisotopic (exact) mass is 414 g/mol. The second-order valence-electron chi connectivity index (χ2n) is 9.52. The third-order valence-electron chi connectivity index (χ3n) is 8.32. The Morgan fingerprint density at radius 3 is 2.83 bits per heavy atom. The molecule has 162 valence electrons. The molecule has 30 heavy (non-hydrogen) atoms. The lowest BCUT2D eigenvalue weighted by Gasteiger charge is -2.59. The Kier molecular flexibility index (Phi) is 4.42.